The zero-order valence-electron chi connectivity index (χ0n) is 15.0. The van der Waals surface area contributed by atoms with Crippen molar-refractivity contribution in [3.63, 3.8) is 0 Å². The quantitative estimate of drug-likeness (QED) is 0.822. The van der Waals surface area contributed by atoms with E-state index in [0.717, 1.165) is 0 Å². The topological polar surface area (TPSA) is 83.8 Å². The maximum absolute atomic E-state index is 12.6. The molecule has 2 N–H and O–H groups in total. The molecule has 1 aromatic carbocycles. The van der Waals surface area contributed by atoms with Crippen molar-refractivity contribution in [2.75, 3.05) is 6.61 Å². The Morgan fingerprint density at radius 3 is 1.81 bits per heavy atom. The fourth-order valence-corrected chi connectivity index (χ4v) is 3.75. The van der Waals surface area contributed by atoms with Gasteiger partial charge in [-0.25, -0.2) is 0 Å². The standard InChI is InChI=1S/C21H24O5/c1-2-26-14-11-9-13(10-12-14)19(20-15(22)5-3-6-16(20)23)21-17(24)7-4-8-18(21)25/h9-12,19,22,24H,2-8H2,1H3. The highest BCUT2D eigenvalue weighted by atomic mass is 16.5. The summed E-state index contributed by atoms with van der Waals surface area (Å²) in [5.74, 6) is -0.308. The minimum atomic E-state index is -0.730. The van der Waals surface area contributed by atoms with Gasteiger partial charge in [0.2, 0.25) is 0 Å². The van der Waals surface area contributed by atoms with Crippen LogP contribution in [-0.4, -0.2) is 28.4 Å². The third kappa shape index (κ3) is 3.52. The Morgan fingerprint density at radius 2 is 1.38 bits per heavy atom. The summed E-state index contributed by atoms with van der Waals surface area (Å²) in [6.07, 6.45) is 2.71. The lowest BCUT2D eigenvalue weighted by atomic mass is 9.74. The average Bonchev–Trinajstić information content (AvgIpc) is 2.61. The molecule has 0 atom stereocenters. The van der Waals surface area contributed by atoms with Gasteiger partial charge in [-0.3, -0.25) is 9.59 Å². The molecule has 0 aliphatic heterocycles. The van der Waals surface area contributed by atoms with E-state index in [1.807, 2.05) is 6.92 Å². The minimum absolute atomic E-state index is 0.0267. The molecular weight excluding hydrogens is 332 g/mol. The van der Waals surface area contributed by atoms with Crippen molar-refractivity contribution in [1.82, 2.24) is 0 Å². The van der Waals surface area contributed by atoms with E-state index in [0.29, 0.717) is 56.4 Å². The monoisotopic (exact) mass is 356 g/mol. The van der Waals surface area contributed by atoms with Crippen LogP contribution in [0.2, 0.25) is 0 Å². The van der Waals surface area contributed by atoms with E-state index in [1.165, 1.54) is 0 Å². The first-order valence-electron chi connectivity index (χ1n) is 9.16. The molecule has 0 saturated carbocycles. The van der Waals surface area contributed by atoms with Gasteiger partial charge in [0, 0.05) is 42.7 Å². The second-order valence-corrected chi connectivity index (χ2v) is 6.71. The van der Waals surface area contributed by atoms with Gasteiger partial charge in [0.1, 0.15) is 5.75 Å². The van der Waals surface area contributed by atoms with Gasteiger partial charge in [0.05, 0.1) is 18.1 Å². The minimum Gasteiger partial charge on any atom is -0.512 e. The highest BCUT2D eigenvalue weighted by molar-refractivity contribution is 6.05. The van der Waals surface area contributed by atoms with Gasteiger partial charge in [0.25, 0.3) is 0 Å². The Labute approximate surface area is 153 Å². The summed E-state index contributed by atoms with van der Waals surface area (Å²) in [6.45, 7) is 2.43. The predicted octanol–water partition coefficient (Wildman–Crippen LogP) is 4.30. The van der Waals surface area contributed by atoms with E-state index in [9.17, 15) is 19.8 Å². The zero-order chi connectivity index (χ0) is 18.7. The summed E-state index contributed by atoms with van der Waals surface area (Å²) in [5, 5.41) is 20.9. The first-order valence-corrected chi connectivity index (χ1v) is 9.16. The van der Waals surface area contributed by atoms with E-state index < -0.39 is 5.92 Å². The molecule has 0 aromatic heterocycles. The van der Waals surface area contributed by atoms with E-state index in [-0.39, 0.29) is 34.2 Å². The van der Waals surface area contributed by atoms with Crippen LogP contribution < -0.4 is 4.74 Å². The normalized spacial score (nSPS) is 18.7. The molecule has 2 aliphatic rings. The van der Waals surface area contributed by atoms with Crippen molar-refractivity contribution in [2.24, 2.45) is 0 Å². The summed E-state index contributed by atoms with van der Waals surface area (Å²) in [7, 11) is 0. The van der Waals surface area contributed by atoms with Crippen molar-refractivity contribution in [3.8, 4) is 5.75 Å². The number of hydrogen-bond donors (Lipinski definition) is 2. The van der Waals surface area contributed by atoms with Crippen LogP contribution in [-0.2, 0) is 9.59 Å². The Hall–Kier alpha value is -2.56. The molecule has 0 heterocycles. The lowest BCUT2D eigenvalue weighted by Gasteiger charge is -2.28. The van der Waals surface area contributed by atoms with Crippen molar-refractivity contribution in [3.05, 3.63) is 52.5 Å². The lowest BCUT2D eigenvalue weighted by Crippen LogP contribution is -2.25. The second kappa shape index (κ2) is 7.77. The number of ketones is 2. The molecule has 0 radical (unpaired) electrons. The fraction of sp³-hybridized carbons (Fsp3) is 0.429. The van der Waals surface area contributed by atoms with Crippen LogP contribution in [0.1, 0.15) is 56.9 Å². The first-order chi connectivity index (χ1) is 12.5. The predicted molar refractivity (Wildman–Crippen MR) is 97.4 cm³/mol. The number of hydrogen-bond acceptors (Lipinski definition) is 5. The third-order valence-corrected chi connectivity index (χ3v) is 4.96. The highest BCUT2D eigenvalue weighted by Gasteiger charge is 2.37. The van der Waals surface area contributed by atoms with Crippen LogP contribution in [0, 0.1) is 0 Å². The Bertz CT molecular complexity index is 728. The SMILES string of the molecule is CCOc1ccc(C(C2=C(O)CCCC2=O)C2=C(O)CCCC2=O)cc1. The second-order valence-electron chi connectivity index (χ2n) is 6.71. The van der Waals surface area contributed by atoms with Crippen LogP contribution in [0.25, 0.3) is 0 Å². The van der Waals surface area contributed by atoms with Crippen LogP contribution in [0.4, 0.5) is 0 Å². The molecule has 0 amide bonds. The number of benzene rings is 1. The summed E-state index contributed by atoms with van der Waals surface area (Å²) >= 11 is 0. The highest BCUT2D eigenvalue weighted by Crippen LogP contribution is 2.42. The number of aliphatic hydroxyl groups excluding tert-OH is 2. The molecule has 138 valence electrons. The Kier molecular flexibility index (Phi) is 5.45. The van der Waals surface area contributed by atoms with Crippen molar-refractivity contribution >= 4 is 11.6 Å². The molecule has 0 saturated heterocycles. The molecule has 0 bridgehead atoms. The van der Waals surface area contributed by atoms with Crippen LogP contribution in [0.5, 0.6) is 5.75 Å². The largest absolute Gasteiger partial charge is 0.512 e. The number of allylic oxidation sites excluding steroid dienone is 4. The molecule has 0 fully saturated rings. The summed E-state index contributed by atoms with van der Waals surface area (Å²) in [6, 6.07) is 7.14. The number of carbonyl (C=O) groups excluding carboxylic acids is 2. The van der Waals surface area contributed by atoms with Gasteiger partial charge in [-0.05, 0) is 37.5 Å². The molecule has 5 nitrogen and oxygen atoms in total. The van der Waals surface area contributed by atoms with Gasteiger partial charge in [-0.2, -0.15) is 0 Å². The molecule has 0 spiro atoms. The smallest absolute Gasteiger partial charge is 0.163 e. The molecule has 0 unspecified atom stereocenters. The number of Topliss-reactive ketones (excluding diaryl/α,β-unsaturated/α-hetero) is 2. The first kappa shape index (κ1) is 18.2. The molecule has 3 rings (SSSR count). The number of aliphatic hydroxyl groups is 2. The van der Waals surface area contributed by atoms with Gasteiger partial charge in [-0.15, -0.1) is 0 Å². The Balaban J connectivity index is 2.13. The molecular formula is C21H24O5. The summed E-state index contributed by atoms with van der Waals surface area (Å²) in [4.78, 5) is 25.2. The Morgan fingerprint density at radius 1 is 0.885 bits per heavy atom. The number of carbonyl (C=O) groups is 2. The average molecular weight is 356 g/mol. The molecule has 1 aromatic rings. The third-order valence-electron chi connectivity index (χ3n) is 4.96. The number of ether oxygens (including phenoxy) is 1. The fourth-order valence-electron chi connectivity index (χ4n) is 3.75. The van der Waals surface area contributed by atoms with Gasteiger partial charge in [-0.1, -0.05) is 12.1 Å². The van der Waals surface area contributed by atoms with Crippen molar-refractivity contribution in [2.45, 2.75) is 51.4 Å². The van der Waals surface area contributed by atoms with E-state index in [4.69, 9.17) is 4.74 Å². The van der Waals surface area contributed by atoms with Crippen LogP contribution in [0.15, 0.2) is 46.9 Å². The van der Waals surface area contributed by atoms with Gasteiger partial charge < -0.3 is 14.9 Å². The van der Waals surface area contributed by atoms with Crippen molar-refractivity contribution in [1.29, 1.82) is 0 Å². The zero-order valence-corrected chi connectivity index (χ0v) is 15.0. The lowest BCUT2D eigenvalue weighted by molar-refractivity contribution is -0.117. The maximum Gasteiger partial charge on any atom is 0.163 e. The molecule has 2 aliphatic carbocycles. The van der Waals surface area contributed by atoms with Crippen LogP contribution >= 0.6 is 0 Å². The van der Waals surface area contributed by atoms with Gasteiger partial charge in [0.15, 0.2) is 11.6 Å². The van der Waals surface area contributed by atoms with Crippen LogP contribution in [0.3, 0.4) is 0 Å². The maximum atomic E-state index is 12.6. The summed E-state index contributed by atoms with van der Waals surface area (Å²) in [5.41, 5.74) is 1.19. The van der Waals surface area contributed by atoms with E-state index in [2.05, 4.69) is 0 Å². The van der Waals surface area contributed by atoms with E-state index in [1.54, 1.807) is 24.3 Å². The molecule has 5 heteroatoms. The van der Waals surface area contributed by atoms with E-state index >= 15 is 0 Å². The van der Waals surface area contributed by atoms with Gasteiger partial charge >= 0.3 is 0 Å². The number of rotatable bonds is 5. The molecule has 26 heavy (non-hydrogen) atoms. The summed E-state index contributed by atoms with van der Waals surface area (Å²) < 4.78 is 5.46. The van der Waals surface area contributed by atoms with Crippen molar-refractivity contribution < 1.29 is 24.5 Å².